The van der Waals surface area contributed by atoms with Crippen LogP contribution in [0.3, 0.4) is 0 Å². The lowest BCUT2D eigenvalue weighted by Gasteiger charge is -2.12. The summed E-state index contributed by atoms with van der Waals surface area (Å²) in [6.07, 6.45) is 0.961. The minimum absolute atomic E-state index is 0.297. The van der Waals surface area contributed by atoms with E-state index in [1.807, 2.05) is 12.1 Å². The van der Waals surface area contributed by atoms with Crippen LogP contribution in [0.25, 0.3) is 10.8 Å². The van der Waals surface area contributed by atoms with Crippen molar-refractivity contribution in [1.82, 2.24) is 0 Å². The Kier molecular flexibility index (Phi) is 4.09. The van der Waals surface area contributed by atoms with Gasteiger partial charge in [-0.3, -0.25) is 0 Å². The summed E-state index contributed by atoms with van der Waals surface area (Å²) >= 11 is 9.73. The Morgan fingerprint density at radius 1 is 0.850 bits per heavy atom. The van der Waals surface area contributed by atoms with Crippen molar-refractivity contribution in [2.24, 2.45) is 0 Å². The van der Waals surface area contributed by atoms with E-state index in [-0.39, 0.29) is 0 Å². The molecule has 100 valence electrons. The summed E-state index contributed by atoms with van der Waals surface area (Å²) in [5.41, 5.74) is 2.61. The van der Waals surface area contributed by atoms with Crippen LogP contribution in [-0.4, -0.2) is 0 Å². The van der Waals surface area contributed by atoms with Gasteiger partial charge in [0, 0.05) is 9.85 Å². The molecule has 0 aliphatic carbocycles. The lowest BCUT2D eigenvalue weighted by molar-refractivity contribution is 0.957. The van der Waals surface area contributed by atoms with Gasteiger partial charge in [0.2, 0.25) is 0 Å². The van der Waals surface area contributed by atoms with E-state index < -0.39 is 0 Å². The number of hydrogen-bond donors (Lipinski definition) is 0. The third kappa shape index (κ3) is 2.89. The zero-order valence-corrected chi connectivity index (χ0v) is 13.2. The Morgan fingerprint density at radius 2 is 1.55 bits per heavy atom. The highest BCUT2D eigenvalue weighted by atomic mass is 79.9. The molecule has 0 fully saturated rings. The Hall–Kier alpha value is -1.31. The molecule has 0 bridgehead atoms. The van der Waals surface area contributed by atoms with Gasteiger partial charge in [0.1, 0.15) is 0 Å². The van der Waals surface area contributed by atoms with E-state index >= 15 is 0 Å². The third-order valence-electron chi connectivity index (χ3n) is 3.51. The van der Waals surface area contributed by atoms with Gasteiger partial charge in [-0.05, 0) is 40.5 Å². The number of alkyl halides is 1. The summed E-state index contributed by atoms with van der Waals surface area (Å²) < 4.78 is 0. The maximum atomic E-state index is 5.94. The SMILES string of the molecule is Clc1ccc(C(Br)Cc2cccc3ccccc23)cc1. The first-order valence-electron chi connectivity index (χ1n) is 6.60. The van der Waals surface area contributed by atoms with E-state index in [1.54, 1.807) is 0 Å². The van der Waals surface area contributed by atoms with Crippen LogP contribution >= 0.6 is 27.5 Å². The van der Waals surface area contributed by atoms with Gasteiger partial charge in [-0.1, -0.05) is 82.1 Å². The molecule has 0 aliphatic heterocycles. The van der Waals surface area contributed by atoms with Crippen LogP contribution in [0.15, 0.2) is 66.7 Å². The maximum Gasteiger partial charge on any atom is 0.0435 e. The van der Waals surface area contributed by atoms with E-state index in [9.17, 15) is 0 Å². The minimum atomic E-state index is 0.297. The molecule has 3 aromatic rings. The van der Waals surface area contributed by atoms with E-state index in [0.717, 1.165) is 11.4 Å². The Bertz CT molecular complexity index is 714. The lowest BCUT2D eigenvalue weighted by atomic mass is 9.98. The molecule has 0 aromatic heterocycles. The molecular formula is C18H14BrCl. The van der Waals surface area contributed by atoms with Gasteiger partial charge in [0.25, 0.3) is 0 Å². The second-order valence-corrected chi connectivity index (χ2v) is 6.40. The van der Waals surface area contributed by atoms with Crippen LogP contribution < -0.4 is 0 Å². The van der Waals surface area contributed by atoms with Crippen molar-refractivity contribution in [1.29, 1.82) is 0 Å². The highest BCUT2D eigenvalue weighted by Gasteiger charge is 2.10. The molecule has 1 atom stereocenters. The molecule has 2 heteroatoms. The van der Waals surface area contributed by atoms with E-state index in [1.165, 1.54) is 21.9 Å². The molecule has 0 saturated carbocycles. The largest absolute Gasteiger partial charge is 0.0843 e. The molecule has 0 N–H and O–H groups in total. The molecule has 20 heavy (non-hydrogen) atoms. The first-order valence-corrected chi connectivity index (χ1v) is 7.89. The van der Waals surface area contributed by atoms with E-state index in [4.69, 9.17) is 11.6 Å². The molecule has 0 heterocycles. The first kappa shape index (κ1) is 13.7. The number of rotatable bonds is 3. The van der Waals surface area contributed by atoms with Crippen molar-refractivity contribution in [2.45, 2.75) is 11.2 Å². The average Bonchev–Trinajstić information content (AvgIpc) is 2.48. The molecular weight excluding hydrogens is 332 g/mol. The molecule has 0 amide bonds. The molecule has 0 nitrogen and oxygen atoms in total. The van der Waals surface area contributed by atoms with Crippen molar-refractivity contribution in [2.75, 3.05) is 0 Å². The molecule has 3 rings (SSSR count). The van der Waals surface area contributed by atoms with Crippen molar-refractivity contribution in [3.8, 4) is 0 Å². The van der Waals surface area contributed by atoms with Gasteiger partial charge in [0.05, 0.1) is 0 Å². The summed E-state index contributed by atoms with van der Waals surface area (Å²) in [6.45, 7) is 0. The quantitative estimate of drug-likeness (QED) is 0.498. The van der Waals surface area contributed by atoms with E-state index in [2.05, 4.69) is 70.5 Å². The third-order valence-corrected chi connectivity index (χ3v) is 4.62. The van der Waals surface area contributed by atoms with Crippen LogP contribution in [0.2, 0.25) is 5.02 Å². The zero-order valence-electron chi connectivity index (χ0n) is 10.9. The minimum Gasteiger partial charge on any atom is -0.0843 e. The Morgan fingerprint density at radius 3 is 2.35 bits per heavy atom. The number of hydrogen-bond acceptors (Lipinski definition) is 0. The molecule has 0 saturated heterocycles. The van der Waals surface area contributed by atoms with Gasteiger partial charge >= 0.3 is 0 Å². The van der Waals surface area contributed by atoms with Crippen LogP contribution in [0.5, 0.6) is 0 Å². The summed E-state index contributed by atoms with van der Waals surface area (Å²) in [7, 11) is 0. The van der Waals surface area contributed by atoms with Crippen LogP contribution in [-0.2, 0) is 6.42 Å². The molecule has 0 aliphatic rings. The molecule has 0 spiro atoms. The Balaban J connectivity index is 1.91. The van der Waals surface area contributed by atoms with Gasteiger partial charge < -0.3 is 0 Å². The highest BCUT2D eigenvalue weighted by molar-refractivity contribution is 9.09. The van der Waals surface area contributed by atoms with Crippen molar-refractivity contribution in [3.63, 3.8) is 0 Å². The highest BCUT2D eigenvalue weighted by Crippen LogP contribution is 2.30. The second-order valence-electron chi connectivity index (χ2n) is 4.86. The molecule has 3 aromatic carbocycles. The summed E-state index contributed by atoms with van der Waals surface area (Å²) in [6, 6.07) is 23.0. The molecule has 0 radical (unpaired) electrons. The monoisotopic (exact) mass is 344 g/mol. The van der Waals surface area contributed by atoms with Crippen molar-refractivity contribution in [3.05, 3.63) is 82.9 Å². The summed E-state index contributed by atoms with van der Waals surface area (Å²) in [4.78, 5) is 0.297. The summed E-state index contributed by atoms with van der Waals surface area (Å²) in [5, 5.41) is 3.40. The van der Waals surface area contributed by atoms with Gasteiger partial charge in [-0.2, -0.15) is 0 Å². The van der Waals surface area contributed by atoms with E-state index in [0.29, 0.717) is 4.83 Å². The zero-order chi connectivity index (χ0) is 13.9. The van der Waals surface area contributed by atoms with Crippen LogP contribution in [0.4, 0.5) is 0 Å². The smallest absolute Gasteiger partial charge is 0.0435 e. The first-order chi connectivity index (χ1) is 9.74. The van der Waals surface area contributed by atoms with Crippen LogP contribution in [0.1, 0.15) is 16.0 Å². The summed E-state index contributed by atoms with van der Waals surface area (Å²) in [5.74, 6) is 0. The van der Waals surface area contributed by atoms with Gasteiger partial charge in [-0.25, -0.2) is 0 Å². The van der Waals surface area contributed by atoms with Crippen LogP contribution in [0, 0.1) is 0 Å². The topological polar surface area (TPSA) is 0 Å². The Labute approximate surface area is 132 Å². The van der Waals surface area contributed by atoms with Gasteiger partial charge in [-0.15, -0.1) is 0 Å². The maximum absolute atomic E-state index is 5.94. The second kappa shape index (κ2) is 5.99. The van der Waals surface area contributed by atoms with Crippen molar-refractivity contribution >= 4 is 38.3 Å². The predicted molar refractivity (Wildman–Crippen MR) is 90.8 cm³/mol. The number of halogens is 2. The van der Waals surface area contributed by atoms with Crippen molar-refractivity contribution < 1.29 is 0 Å². The normalized spacial score (nSPS) is 12.5. The average molecular weight is 346 g/mol. The standard InChI is InChI=1S/C18H14BrCl/c19-18(14-8-10-16(20)11-9-14)12-15-6-3-5-13-4-1-2-7-17(13)15/h1-11,18H,12H2. The fraction of sp³-hybridized carbons (Fsp3) is 0.111. The van der Waals surface area contributed by atoms with Gasteiger partial charge in [0.15, 0.2) is 0 Å². The number of benzene rings is 3. The fourth-order valence-electron chi connectivity index (χ4n) is 2.45. The number of fused-ring (bicyclic) bond motifs is 1. The fourth-order valence-corrected chi connectivity index (χ4v) is 3.23. The lowest BCUT2D eigenvalue weighted by Crippen LogP contribution is -1.96. The predicted octanol–water partition coefficient (Wildman–Crippen LogP) is 6.17. The molecule has 1 unspecified atom stereocenters.